The van der Waals surface area contributed by atoms with Gasteiger partial charge in [0, 0.05) is 6.04 Å². The van der Waals surface area contributed by atoms with E-state index in [9.17, 15) is 25.2 Å². The van der Waals surface area contributed by atoms with Crippen LogP contribution in [0, 0.1) is 11.8 Å². The van der Waals surface area contributed by atoms with Crippen LogP contribution in [0.2, 0.25) is 0 Å². The van der Waals surface area contributed by atoms with Crippen LogP contribution in [0.15, 0.2) is 48.5 Å². The van der Waals surface area contributed by atoms with Crippen LogP contribution in [0.1, 0.15) is 170 Å². The molecular weight excluding hydrogens is 922 g/mol. The molecule has 12 atom stereocenters. The number of para-hydroxylation sites is 1. The molecule has 0 aromatic heterocycles. The van der Waals surface area contributed by atoms with Crippen LogP contribution in [0.3, 0.4) is 0 Å². The van der Waals surface area contributed by atoms with Gasteiger partial charge in [-0.3, -0.25) is 4.79 Å². The number of likely N-dealkylation sites (N-methyl/N-ethyl adjacent to an activating group) is 1. The normalized spacial score (nSPS) is 34.0. The Hall–Kier alpha value is -2.18. The molecule has 0 spiro atoms. The number of carbonyl (C=O) groups excluding carboxylic acids is 1. The Morgan fingerprint density at radius 2 is 1.38 bits per heavy atom. The molecule has 2 saturated carbocycles. The second-order valence-corrected chi connectivity index (χ2v) is 29.1. The average Bonchev–Trinajstić information content (AvgIpc) is 3.36. The Bertz CT molecular complexity index is 1930. The van der Waals surface area contributed by atoms with E-state index >= 15 is 0 Å². The molecule has 2 aromatic carbocycles. The molecule has 0 unspecified atom stereocenters. The number of ether oxygens (including phenoxy) is 3. The van der Waals surface area contributed by atoms with Gasteiger partial charge >= 0.3 is 324 Å². The minimum absolute atomic E-state index is 0.158. The number of unbranched alkanes of at least 4 members (excludes halogenated alkanes) is 3. The van der Waals surface area contributed by atoms with Crippen LogP contribution in [-0.4, -0.2) is 155 Å². The van der Waals surface area contributed by atoms with E-state index in [1.807, 2.05) is 46.7 Å². The van der Waals surface area contributed by atoms with Gasteiger partial charge in [0.2, 0.25) is 0 Å². The fraction of sp³-hybridized carbons (Fsp3) is 0.783. The summed E-state index contributed by atoms with van der Waals surface area (Å²) in [5, 5.41) is 50.0. The van der Waals surface area contributed by atoms with Crippen molar-refractivity contribution in [3.63, 3.8) is 0 Å². The molecule has 0 amide bonds. The van der Waals surface area contributed by atoms with Crippen molar-refractivity contribution in [2.75, 3.05) is 52.3 Å². The topological polar surface area (TPSA) is 135 Å². The Morgan fingerprint density at radius 1 is 0.778 bits per heavy atom. The van der Waals surface area contributed by atoms with Crippen LogP contribution in [-0.2, 0) is 19.0 Å². The number of anilines is 1. The van der Waals surface area contributed by atoms with Crippen molar-refractivity contribution in [1.82, 2.24) is 9.80 Å². The summed E-state index contributed by atoms with van der Waals surface area (Å²) < 4.78 is 19.0. The van der Waals surface area contributed by atoms with Gasteiger partial charge in [0.05, 0.1) is 12.0 Å². The van der Waals surface area contributed by atoms with Gasteiger partial charge in [-0.2, -0.15) is 0 Å². The summed E-state index contributed by atoms with van der Waals surface area (Å²) in [6, 6.07) is 18.0. The molecule has 6 rings (SSSR count). The number of aliphatic hydroxyl groups is 4. The van der Waals surface area contributed by atoms with Gasteiger partial charge in [-0.1, -0.05) is 20.8 Å². The molecule has 12 heteroatoms. The number of esters is 1. The Labute approximate surface area is 437 Å². The van der Waals surface area contributed by atoms with Crippen molar-refractivity contribution in [3.05, 3.63) is 48.5 Å². The first-order valence-corrected chi connectivity index (χ1v) is 31.2. The molecule has 11 nitrogen and oxygen atoms in total. The number of hydrogen-bond donors (Lipinski definition) is 4. The van der Waals surface area contributed by atoms with Crippen molar-refractivity contribution in [3.8, 4) is 11.1 Å². The number of aliphatic hydroxyl groups excluding tert-OH is 2. The van der Waals surface area contributed by atoms with Crippen molar-refractivity contribution < 1.29 is 39.4 Å². The van der Waals surface area contributed by atoms with E-state index in [1.165, 1.54) is 93.6 Å². The fourth-order valence-corrected chi connectivity index (χ4v) is 21.8. The van der Waals surface area contributed by atoms with Gasteiger partial charge in [-0.25, -0.2) is 0 Å². The molecule has 4 N–H and O–H groups in total. The van der Waals surface area contributed by atoms with Gasteiger partial charge in [-0.15, -0.1) is 0 Å². The second-order valence-electron chi connectivity index (χ2n) is 24.3. The molecular formula is C60H102N3O8P. The first kappa shape index (κ1) is 59.1. The maximum atomic E-state index is 13.8. The molecule has 72 heavy (non-hydrogen) atoms. The van der Waals surface area contributed by atoms with E-state index in [2.05, 4.69) is 72.4 Å². The van der Waals surface area contributed by atoms with Crippen molar-refractivity contribution in [2.24, 2.45) is 11.8 Å². The molecule has 2 saturated heterocycles. The third-order valence-electron chi connectivity index (χ3n) is 18.4. The third-order valence-corrected chi connectivity index (χ3v) is 25.1. The third kappa shape index (κ3) is 14.0. The Kier molecular flexibility index (Phi) is 21.9. The number of rotatable bonds is 16. The van der Waals surface area contributed by atoms with Crippen LogP contribution in [0.4, 0.5) is 5.69 Å². The van der Waals surface area contributed by atoms with Gasteiger partial charge in [0.15, 0.2) is 6.29 Å². The Balaban J connectivity index is 1.23. The number of benzene rings is 2. The number of nitrogens with zero attached hydrogens (tertiary/aromatic N) is 3. The molecule has 2 aliphatic heterocycles. The molecule has 4 fully saturated rings. The summed E-state index contributed by atoms with van der Waals surface area (Å²) in [7, 11) is 6.16. The van der Waals surface area contributed by atoms with E-state index in [4.69, 9.17) is 14.2 Å². The predicted molar refractivity (Wildman–Crippen MR) is 299 cm³/mol. The van der Waals surface area contributed by atoms with Crippen LogP contribution >= 0.6 is 7.26 Å². The van der Waals surface area contributed by atoms with Crippen molar-refractivity contribution in [1.29, 1.82) is 0 Å². The van der Waals surface area contributed by atoms with Gasteiger partial charge < -0.3 is 19.5 Å². The second kappa shape index (κ2) is 26.7. The van der Waals surface area contributed by atoms with Crippen LogP contribution in [0.25, 0.3) is 11.1 Å². The zero-order valence-corrected chi connectivity index (χ0v) is 47.9. The van der Waals surface area contributed by atoms with Gasteiger partial charge in [0.25, 0.3) is 0 Å². The number of hydrogen-bond acceptors (Lipinski definition) is 11. The molecule has 0 radical (unpaired) electrons. The minimum atomic E-state index is -2.08. The van der Waals surface area contributed by atoms with Crippen molar-refractivity contribution >= 4 is 24.2 Å². The summed E-state index contributed by atoms with van der Waals surface area (Å²) in [5.74, 6) is -1.36. The monoisotopic (exact) mass is 1020 g/mol. The summed E-state index contributed by atoms with van der Waals surface area (Å²) in [4.78, 5) is 20.4. The molecule has 2 aromatic rings. The van der Waals surface area contributed by atoms with Gasteiger partial charge in [0.1, 0.15) is 6.10 Å². The van der Waals surface area contributed by atoms with E-state index in [-0.39, 0.29) is 18.1 Å². The molecule has 410 valence electrons. The first-order valence-electron chi connectivity index (χ1n) is 28.8. The SMILES string of the molecule is CC[C@H]1OC(=O)[C@H](C)C[C@H](C)[C@@H](O[C@@H]2O[C@H](C)C[C@H](N(C)C)[C@H]2O)[C@](C)(O)CCCN(CCCCCC[PH](c2ccccc2-c2ccccc2N(C)C)(C2CCCCC2)C2CCCCC2)[C@H](C)[C@@H](O)[C@]1(C)O. The molecule has 0 bridgehead atoms. The first-order chi connectivity index (χ1) is 34.2. The summed E-state index contributed by atoms with van der Waals surface area (Å²) in [6.45, 7) is 14.4. The molecule has 2 aliphatic carbocycles. The van der Waals surface area contributed by atoms with E-state index in [0.29, 0.717) is 38.6 Å². The van der Waals surface area contributed by atoms with E-state index in [0.717, 1.165) is 37.1 Å². The average molecular weight is 1020 g/mol. The quantitative estimate of drug-likeness (QED) is 0.0727. The van der Waals surface area contributed by atoms with E-state index in [1.54, 1.807) is 26.1 Å². The standard InChI is InChI=1S/C60H102N3O8P/c1-12-53-60(7,68)55(65)45(5)63(38-27-36-59(6,67)56(42(2)40-43(3)57(66)70-53)71-58-54(64)51(62(10)11)41-44(4)69-58)37-25-13-14-26-39-72(46-28-17-15-18-29-46,47-30-19-16-20-31-47)52-35-24-22-33-49(52)48-32-21-23-34-50(48)61(8)9/h21-24,32-35,42-47,51,53-56,58,64-65,67-68,72H,12-20,25-31,36-41H2,1-11H3/t42-,43+,44+,45+,51-,53+,54+,55+,56+,58-,59+,60+/m0/s1. The Morgan fingerprint density at radius 3 is 1.99 bits per heavy atom. The van der Waals surface area contributed by atoms with Crippen LogP contribution < -0.4 is 10.2 Å². The zero-order valence-electron chi connectivity index (χ0n) is 46.9. The summed E-state index contributed by atoms with van der Waals surface area (Å²) in [5.41, 5.74) is 2.69. The summed E-state index contributed by atoms with van der Waals surface area (Å²) >= 11 is 0. The van der Waals surface area contributed by atoms with Gasteiger partial charge in [-0.05, 0) is 39.8 Å². The van der Waals surface area contributed by atoms with Crippen LogP contribution in [0.5, 0.6) is 0 Å². The molecule has 4 aliphatic rings. The molecule has 2 heterocycles. The van der Waals surface area contributed by atoms with E-state index < -0.39 is 67.1 Å². The number of carbonyl (C=O) groups is 1. The fourth-order valence-electron chi connectivity index (χ4n) is 14.4. The summed E-state index contributed by atoms with van der Waals surface area (Å²) in [6.07, 6.45) is 16.7. The number of cyclic esters (lactones) is 1. The zero-order chi connectivity index (χ0) is 52.4. The van der Waals surface area contributed by atoms with Crippen molar-refractivity contribution in [2.45, 2.75) is 242 Å². The maximum absolute atomic E-state index is 13.8. The predicted octanol–water partition coefficient (Wildman–Crippen LogP) is 10.2.